The lowest BCUT2D eigenvalue weighted by molar-refractivity contribution is 0.313. The van der Waals surface area contributed by atoms with Crippen LogP contribution in [0.2, 0.25) is 0 Å². The van der Waals surface area contributed by atoms with E-state index in [1.165, 1.54) is 17.8 Å². The minimum absolute atomic E-state index is 0.234. The minimum atomic E-state index is -0.234. The summed E-state index contributed by atoms with van der Waals surface area (Å²) in [4.78, 5) is 12.6. The van der Waals surface area contributed by atoms with Crippen LogP contribution < -0.4 is 4.90 Å². The third kappa shape index (κ3) is 3.38. The van der Waals surface area contributed by atoms with E-state index in [-0.39, 0.29) is 5.82 Å². The first-order valence-electron chi connectivity index (χ1n) is 9.95. The molecule has 1 saturated heterocycles. The molecule has 0 atom stereocenters. The molecule has 5 heteroatoms. The first-order chi connectivity index (χ1) is 14.2. The van der Waals surface area contributed by atoms with Gasteiger partial charge in [-0.15, -0.1) is 0 Å². The number of hydrogen-bond donors (Lipinski definition) is 1. The lowest BCUT2D eigenvalue weighted by atomic mass is 9.94. The summed E-state index contributed by atoms with van der Waals surface area (Å²) >= 11 is 0. The van der Waals surface area contributed by atoms with Gasteiger partial charge in [-0.05, 0) is 48.5 Å². The number of likely N-dealkylation sites (N-methyl/N-ethyl adjacent to an activating group) is 1. The second-order valence-corrected chi connectivity index (χ2v) is 7.63. The average Bonchev–Trinajstić information content (AvgIpc) is 3.23. The zero-order valence-electron chi connectivity index (χ0n) is 16.4. The van der Waals surface area contributed by atoms with Gasteiger partial charge in [0.25, 0.3) is 0 Å². The summed E-state index contributed by atoms with van der Waals surface area (Å²) in [5, 5.41) is 1.07. The highest BCUT2D eigenvalue weighted by Crippen LogP contribution is 2.37. The van der Waals surface area contributed by atoms with E-state index in [9.17, 15) is 4.39 Å². The predicted molar refractivity (Wildman–Crippen MR) is 117 cm³/mol. The molecule has 0 bridgehead atoms. The molecular formula is C24H23FN4. The van der Waals surface area contributed by atoms with Crippen LogP contribution in [0.4, 0.5) is 10.1 Å². The maximum absolute atomic E-state index is 13.4. The Morgan fingerprint density at radius 1 is 0.862 bits per heavy atom. The number of fused-ring (bicyclic) bond motifs is 1. The highest BCUT2D eigenvalue weighted by molar-refractivity contribution is 6.01. The van der Waals surface area contributed by atoms with Crippen molar-refractivity contribution < 1.29 is 4.39 Å². The third-order valence-corrected chi connectivity index (χ3v) is 5.77. The summed E-state index contributed by atoms with van der Waals surface area (Å²) in [5.41, 5.74) is 6.32. The molecule has 1 aliphatic heterocycles. The summed E-state index contributed by atoms with van der Waals surface area (Å²) < 4.78 is 13.4. The Kier molecular flexibility index (Phi) is 4.52. The molecule has 0 spiro atoms. The molecular weight excluding hydrogens is 363 g/mol. The van der Waals surface area contributed by atoms with Crippen LogP contribution in [0.1, 0.15) is 0 Å². The van der Waals surface area contributed by atoms with Crippen molar-refractivity contribution in [2.24, 2.45) is 0 Å². The van der Waals surface area contributed by atoms with Gasteiger partial charge in [0.05, 0.1) is 0 Å². The summed E-state index contributed by atoms with van der Waals surface area (Å²) in [6, 6.07) is 17.4. The SMILES string of the molecule is CN1CCN(c2ccc(-c3c(-c4ccc(F)cc4)cnc4[nH]ccc34)cc2)CC1. The molecule has 2 aromatic heterocycles. The minimum Gasteiger partial charge on any atom is -0.369 e. The number of benzene rings is 2. The maximum Gasteiger partial charge on any atom is 0.137 e. The number of H-pyrrole nitrogens is 1. The topological polar surface area (TPSA) is 35.2 Å². The second kappa shape index (κ2) is 7.33. The maximum atomic E-state index is 13.4. The van der Waals surface area contributed by atoms with Crippen LogP contribution in [0.5, 0.6) is 0 Å². The van der Waals surface area contributed by atoms with Gasteiger partial charge in [-0.25, -0.2) is 9.37 Å². The number of halogens is 1. The summed E-state index contributed by atoms with van der Waals surface area (Å²) in [6.45, 7) is 4.28. The van der Waals surface area contributed by atoms with Gasteiger partial charge in [-0.3, -0.25) is 0 Å². The van der Waals surface area contributed by atoms with Gasteiger partial charge in [0.15, 0.2) is 0 Å². The molecule has 4 aromatic rings. The predicted octanol–water partition coefficient (Wildman–Crippen LogP) is 4.79. The van der Waals surface area contributed by atoms with Gasteiger partial charge in [0.2, 0.25) is 0 Å². The van der Waals surface area contributed by atoms with E-state index in [0.717, 1.165) is 59.5 Å². The smallest absolute Gasteiger partial charge is 0.137 e. The van der Waals surface area contributed by atoms with Crippen molar-refractivity contribution >= 4 is 16.7 Å². The molecule has 1 fully saturated rings. The molecule has 3 heterocycles. The van der Waals surface area contributed by atoms with Crippen molar-refractivity contribution in [2.75, 3.05) is 38.1 Å². The molecule has 29 heavy (non-hydrogen) atoms. The number of pyridine rings is 1. The molecule has 0 radical (unpaired) electrons. The number of hydrogen-bond acceptors (Lipinski definition) is 3. The fourth-order valence-corrected chi connectivity index (χ4v) is 4.07. The van der Waals surface area contributed by atoms with Crippen molar-refractivity contribution in [3.63, 3.8) is 0 Å². The lowest BCUT2D eigenvalue weighted by Crippen LogP contribution is -2.44. The molecule has 1 aliphatic rings. The third-order valence-electron chi connectivity index (χ3n) is 5.77. The number of rotatable bonds is 3. The zero-order valence-corrected chi connectivity index (χ0v) is 16.4. The van der Waals surface area contributed by atoms with E-state index in [0.29, 0.717) is 0 Å². The fraction of sp³-hybridized carbons (Fsp3) is 0.208. The van der Waals surface area contributed by atoms with Gasteiger partial charge in [-0.1, -0.05) is 24.3 Å². The van der Waals surface area contributed by atoms with Crippen LogP contribution in [0.15, 0.2) is 67.0 Å². The first-order valence-corrected chi connectivity index (χ1v) is 9.95. The number of aromatic nitrogens is 2. The van der Waals surface area contributed by atoms with Crippen LogP contribution in [-0.4, -0.2) is 48.1 Å². The average molecular weight is 386 g/mol. The van der Waals surface area contributed by atoms with Crippen molar-refractivity contribution in [3.05, 3.63) is 72.8 Å². The molecule has 2 aromatic carbocycles. The highest BCUT2D eigenvalue weighted by Gasteiger charge is 2.16. The molecule has 146 valence electrons. The summed E-state index contributed by atoms with van der Waals surface area (Å²) in [7, 11) is 2.17. The standard InChI is InChI=1S/C24H23FN4/c1-28-12-14-29(15-13-28)20-8-4-18(5-9-20)23-21-10-11-26-24(21)27-16-22(23)17-2-6-19(25)7-3-17/h2-11,16H,12-15H2,1H3,(H,26,27). The second-order valence-electron chi connectivity index (χ2n) is 7.63. The van der Waals surface area contributed by atoms with Crippen molar-refractivity contribution in [1.82, 2.24) is 14.9 Å². The molecule has 1 N–H and O–H groups in total. The van der Waals surface area contributed by atoms with Crippen LogP contribution in [0.3, 0.4) is 0 Å². The Labute approximate surface area is 169 Å². The lowest BCUT2D eigenvalue weighted by Gasteiger charge is -2.34. The Morgan fingerprint density at radius 2 is 1.55 bits per heavy atom. The van der Waals surface area contributed by atoms with Gasteiger partial charge >= 0.3 is 0 Å². The van der Waals surface area contributed by atoms with Crippen molar-refractivity contribution in [2.45, 2.75) is 0 Å². The Balaban J connectivity index is 1.58. The van der Waals surface area contributed by atoms with E-state index < -0.39 is 0 Å². The molecule has 4 nitrogen and oxygen atoms in total. The summed E-state index contributed by atoms with van der Waals surface area (Å²) in [5.74, 6) is -0.234. The summed E-state index contributed by atoms with van der Waals surface area (Å²) in [6.07, 6.45) is 3.78. The van der Waals surface area contributed by atoms with Crippen LogP contribution in [0, 0.1) is 5.82 Å². The van der Waals surface area contributed by atoms with Gasteiger partial charge in [0.1, 0.15) is 11.5 Å². The van der Waals surface area contributed by atoms with Crippen molar-refractivity contribution in [3.8, 4) is 22.3 Å². The van der Waals surface area contributed by atoms with Crippen molar-refractivity contribution in [1.29, 1.82) is 0 Å². The monoisotopic (exact) mass is 386 g/mol. The molecule has 0 amide bonds. The Hall–Kier alpha value is -3.18. The van der Waals surface area contributed by atoms with Crippen LogP contribution in [-0.2, 0) is 0 Å². The van der Waals surface area contributed by atoms with Gasteiger partial charge < -0.3 is 14.8 Å². The molecule has 0 aliphatic carbocycles. The normalized spacial score (nSPS) is 15.2. The van der Waals surface area contributed by atoms with E-state index in [4.69, 9.17) is 0 Å². The van der Waals surface area contributed by atoms with Gasteiger partial charge in [-0.2, -0.15) is 0 Å². The Morgan fingerprint density at radius 3 is 2.28 bits per heavy atom. The number of aromatic amines is 1. The van der Waals surface area contributed by atoms with Gasteiger partial charge in [0, 0.05) is 60.8 Å². The number of nitrogens with one attached hydrogen (secondary N) is 1. The van der Waals surface area contributed by atoms with E-state index in [1.54, 1.807) is 0 Å². The Bertz CT molecular complexity index is 1120. The van der Waals surface area contributed by atoms with E-state index in [1.807, 2.05) is 24.5 Å². The fourth-order valence-electron chi connectivity index (χ4n) is 4.07. The van der Waals surface area contributed by atoms with Crippen LogP contribution >= 0.6 is 0 Å². The first kappa shape index (κ1) is 17.9. The molecule has 5 rings (SSSR count). The molecule has 0 unspecified atom stereocenters. The van der Waals surface area contributed by atoms with E-state index >= 15 is 0 Å². The highest BCUT2D eigenvalue weighted by atomic mass is 19.1. The van der Waals surface area contributed by atoms with Crippen LogP contribution in [0.25, 0.3) is 33.3 Å². The largest absolute Gasteiger partial charge is 0.369 e. The number of nitrogens with zero attached hydrogens (tertiary/aromatic N) is 3. The zero-order chi connectivity index (χ0) is 19.8. The number of piperazine rings is 1. The molecule has 0 saturated carbocycles. The number of anilines is 1. The van der Waals surface area contributed by atoms with E-state index in [2.05, 4.69) is 57.1 Å². The quantitative estimate of drug-likeness (QED) is 0.550.